The van der Waals surface area contributed by atoms with Crippen LogP contribution < -0.4 is 0 Å². The zero-order valence-electron chi connectivity index (χ0n) is 18.4. The number of aliphatic hydroxyl groups excluding tert-OH is 1. The zero-order valence-corrected chi connectivity index (χ0v) is 18.4. The van der Waals surface area contributed by atoms with Gasteiger partial charge in [0.1, 0.15) is 0 Å². The van der Waals surface area contributed by atoms with Crippen molar-refractivity contribution in [1.29, 1.82) is 0 Å². The van der Waals surface area contributed by atoms with E-state index in [2.05, 4.69) is 6.92 Å². The van der Waals surface area contributed by atoms with Gasteiger partial charge in [0, 0.05) is 0 Å². The van der Waals surface area contributed by atoms with Gasteiger partial charge in [-0.15, -0.1) is 0 Å². The van der Waals surface area contributed by atoms with Gasteiger partial charge in [-0.2, -0.15) is 0 Å². The number of benzene rings is 1. The first-order valence-corrected chi connectivity index (χ1v) is 11.7. The summed E-state index contributed by atoms with van der Waals surface area (Å²) in [6.45, 7) is 2.52. The van der Waals surface area contributed by atoms with Crippen molar-refractivity contribution < 1.29 is 19.7 Å². The van der Waals surface area contributed by atoms with Crippen LogP contribution in [0, 0.1) is 0 Å². The Morgan fingerprint density at radius 3 is 1.90 bits per heavy atom. The second kappa shape index (κ2) is 17.5. The van der Waals surface area contributed by atoms with Crippen LogP contribution in [0.3, 0.4) is 0 Å². The van der Waals surface area contributed by atoms with E-state index in [9.17, 15) is 15.0 Å². The minimum absolute atomic E-state index is 0.0961. The van der Waals surface area contributed by atoms with Crippen molar-refractivity contribution in [3.63, 3.8) is 0 Å². The summed E-state index contributed by atoms with van der Waals surface area (Å²) in [5, 5.41) is 19.2. The van der Waals surface area contributed by atoms with Crippen molar-refractivity contribution in [2.24, 2.45) is 0 Å². The molecule has 2 atom stereocenters. The molecule has 166 valence electrons. The van der Waals surface area contributed by atoms with E-state index in [1.54, 1.807) is 0 Å². The second-order valence-corrected chi connectivity index (χ2v) is 8.18. The summed E-state index contributed by atoms with van der Waals surface area (Å²) >= 11 is 0. The van der Waals surface area contributed by atoms with Crippen LogP contribution >= 0.6 is 0 Å². The van der Waals surface area contributed by atoms with Gasteiger partial charge in [0.05, 0.1) is 12.7 Å². The number of aliphatic carboxylic acids is 1. The number of hydrogen-bond donors (Lipinski definition) is 2. The topological polar surface area (TPSA) is 66.8 Å². The molecule has 0 aliphatic rings. The van der Waals surface area contributed by atoms with E-state index >= 15 is 0 Å². The van der Waals surface area contributed by atoms with Crippen LogP contribution in [-0.2, 0) is 16.1 Å². The van der Waals surface area contributed by atoms with E-state index in [-0.39, 0.29) is 6.10 Å². The Bertz CT molecular complexity index is 503. The maximum atomic E-state index is 11.4. The molecule has 4 heteroatoms. The Kier molecular flexibility index (Phi) is 15.4. The number of unbranched alkanes of at least 4 members (excludes halogenated alkanes) is 9. The minimum atomic E-state index is -0.860. The van der Waals surface area contributed by atoms with E-state index in [1.807, 2.05) is 30.3 Å². The molecule has 0 saturated heterocycles. The van der Waals surface area contributed by atoms with Gasteiger partial charge >= 0.3 is 5.97 Å². The van der Waals surface area contributed by atoms with Crippen molar-refractivity contribution in [2.75, 3.05) is 0 Å². The van der Waals surface area contributed by atoms with Crippen LogP contribution in [0.15, 0.2) is 30.3 Å². The molecule has 0 heterocycles. The van der Waals surface area contributed by atoms with Gasteiger partial charge in [-0.3, -0.25) is 0 Å². The van der Waals surface area contributed by atoms with Gasteiger partial charge in [-0.1, -0.05) is 108 Å². The molecule has 1 rings (SSSR count). The van der Waals surface area contributed by atoms with Crippen LogP contribution in [0.4, 0.5) is 0 Å². The van der Waals surface area contributed by atoms with E-state index < -0.39 is 12.1 Å². The Hall–Kier alpha value is -1.39. The van der Waals surface area contributed by atoms with E-state index in [4.69, 9.17) is 4.74 Å². The third-order valence-corrected chi connectivity index (χ3v) is 5.46. The third-order valence-electron chi connectivity index (χ3n) is 5.46. The molecule has 1 aromatic rings. The summed E-state index contributed by atoms with van der Waals surface area (Å²) in [5.74, 6) is -0.860. The van der Waals surface area contributed by atoms with Gasteiger partial charge in [0.2, 0.25) is 0 Å². The van der Waals surface area contributed by atoms with Crippen molar-refractivity contribution in [1.82, 2.24) is 0 Å². The molecule has 1 aromatic carbocycles. The molecule has 2 N–H and O–H groups in total. The standard InChI is InChI=1S/C25H42O4/c1-2-3-18-23(26)19-14-9-7-5-4-6-8-10-15-20-24(25(27)28)29-21-22-16-12-11-13-17-22/h11-13,16-17,23-24,26H,2-10,14-15,18-21H2,1H3,(H,27,28). The highest BCUT2D eigenvalue weighted by atomic mass is 16.5. The Morgan fingerprint density at radius 2 is 1.34 bits per heavy atom. The first-order chi connectivity index (χ1) is 14.1. The summed E-state index contributed by atoms with van der Waals surface area (Å²) in [7, 11) is 0. The fraction of sp³-hybridized carbons (Fsp3) is 0.720. The highest BCUT2D eigenvalue weighted by Gasteiger charge is 2.17. The van der Waals surface area contributed by atoms with Gasteiger partial charge < -0.3 is 14.9 Å². The molecule has 0 spiro atoms. The van der Waals surface area contributed by atoms with Crippen molar-refractivity contribution in [3.05, 3.63) is 35.9 Å². The molecule has 0 bridgehead atoms. The molecule has 0 amide bonds. The highest BCUT2D eigenvalue weighted by Crippen LogP contribution is 2.15. The molecule has 0 fully saturated rings. The molecule has 0 saturated carbocycles. The molecule has 4 nitrogen and oxygen atoms in total. The predicted octanol–water partition coefficient (Wildman–Crippen LogP) is 6.50. The molecule has 0 radical (unpaired) electrons. The first kappa shape index (κ1) is 25.6. The van der Waals surface area contributed by atoms with Crippen LogP contribution in [-0.4, -0.2) is 28.4 Å². The lowest BCUT2D eigenvalue weighted by molar-refractivity contribution is -0.151. The minimum Gasteiger partial charge on any atom is -0.479 e. The number of carboxylic acids is 1. The van der Waals surface area contributed by atoms with Crippen molar-refractivity contribution >= 4 is 5.97 Å². The molecule has 0 aromatic heterocycles. The summed E-state index contributed by atoms with van der Waals surface area (Å²) < 4.78 is 5.59. The van der Waals surface area contributed by atoms with E-state index in [0.29, 0.717) is 13.0 Å². The lowest BCUT2D eigenvalue weighted by atomic mass is 10.0. The fourth-order valence-electron chi connectivity index (χ4n) is 3.58. The number of aliphatic hydroxyl groups is 1. The number of carboxylic acid groups (broad SMARTS) is 1. The second-order valence-electron chi connectivity index (χ2n) is 8.18. The largest absolute Gasteiger partial charge is 0.479 e. The predicted molar refractivity (Wildman–Crippen MR) is 119 cm³/mol. The number of hydrogen-bond acceptors (Lipinski definition) is 3. The first-order valence-electron chi connectivity index (χ1n) is 11.7. The van der Waals surface area contributed by atoms with Gasteiger partial charge in [-0.05, 0) is 24.8 Å². The van der Waals surface area contributed by atoms with Gasteiger partial charge in [0.15, 0.2) is 6.10 Å². The summed E-state index contributed by atoms with van der Waals surface area (Å²) in [5.41, 5.74) is 1.01. The maximum absolute atomic E-state index is 11.4. The van der Waals surface area contributed by atoms with Crippen LogP contribution in [0.5, 0.6) is 0 Å². The summed E-state index contributed by atoms with van der Waals surface area (Å²) in [4.78, 5) is 11.4. The quantitative estimate of drug-likeness (QED) is 0.257. The smallest absolute Gasteiger partial charge is 0.332 e. The molecular formula is C25H42O4. The van der Waals surface area contributed by atoms with Gasteiger partial charge in [-0.25, -0.2) is 4.79 Å². The molecule has 0 aliphatic heterocycles. The lowest BCUT2D eigenvalue weighted by Crippen LogP contribution is -2.23. The Labute approximate surface area is 177 Å². The number of carbonyl (C=O) groups is 1. The monoisotopic (exact) mass is 406 g/mol. The average molecular weight is 407 g/mol. The third kappa shape index (κ3) is 14.3. The number of ether oxygens (including phenoxy) is 1. The Morgan fingerprint density at radius 1 is 0.828 bits per heavy atom. The summed E-state index contributed by atoms with van der Waals surface area (Å²) in [6, 6.07) is 9.72. The number of rotatable bonds is 19. The van der Waals surface area contributed by atoms with Crippen LogP contribution in [0.25, 0.3) is 0 Å². The molecule has 29 heavy (non-hydrogen) atoms. The Balaban J connectivity index is 1.95. The normalized spacial score (nSPS) is 13.3. The van der Waals surface area contributed by atoms with E-state index in [1.165, 1.54) is 38.5 Å². The van der Waals surface area contributed by atoms with Crippen LogP contribution in [0.2, 0.25) is 0 Å². The molecule has 0 aliphatic carbocycles. The van der Waals surface area contributed by atoms with Crippen molar-refractivity contribution in [3.8, 4) is 0 Å². The van der Waals surface area contributed by atoms with Crippen LogP contribution in [0.1, 0.15) is 102 Å². The SMILES string of the molecule is CCCCC(O)CCCCCCCCCCCC(OCc1ccccc1)C(=O)O. The average Bonchev–Trinajstić information content (AvgIpc) is 2.73. The maximum Gasteiger partial charge on any atom is 0.332 e. The van der Waals surface area contributed by atoms with E-state index in [0.717, 1.165) is 50.5 Å². The fourth-order valence-corrected chi connectivity index (χ4v) is 3.58. The summed E-state index contributed by atoms with van der Waals surface area (Å²) in [6.07, 6.45) is 14.5. The lowest BCUT2D eigenvalue weighted by Gasteiger charge is -2.13. The van der Waals surface area contributed by atoms with Gasteiger partial charge in [0.25, 0.3) is 0 Å². The highest BCUT2D eigenvalue weighted by molar-refractivity contribution is 5.72. The molecular weight excluding hydrogens is 364 g/mol. The zero-order chi connectivity index (χ0) is 21.2. The van der Waals surface area contributed by atoms with Crippen molar-refractivity contribution in [2.45, 2.75) is 116 Å². The molecule has 2 unspecified atom stereocenters.